The van der Waals surface area contributed by atoms with Crippen LogP contribution in [0, 0.1) is 11.8 Å². The molecule has 1 fully saturated rings. The summed E-state index contributed by atoms with van der Waals surface area (Å²) in [5.41, 5.74) is 0. The smallest absolute Gasteiger partial charge is 0.315 e. The maximum Gasteiger partial charge on any atom is 0.315 e. The molecule has 0 aromatic carbocycles. The van der Waals surface area contributed by atoms with Gasteiger partial charge in [-0.2, -0.15) is 0 Å². The molecule has 1 saturated heterocycles. The summed E-state index contributed by atoms with van der Waals surface area (Å²) in [6.07, 6.45) is 7.25. The van der Waals surface area contributed by atoms with Crippen LogP contribution in [-0.4, -0.2) is 18.9 Å². The Morgan fingerprint density at radius 3 is 3.00 bits per heavy atom. The maximum absolute atomic E-state index is 11.3. The van der Waals surface area contributed by atoms with Crippen LogP contribution in [0.15, 0.2) is 24.3 Å². The van der Waals surface area contributed by atoms with Gasteiger partial charge in [0.1, 0.15) is 0 Å². The van der Waals surface area contributed by atoms with Crippen LogP contribution in [0.2, 0.25) is 0 Å². The number of ether oxygens (including phenoxy) is 2. The number of rotatable bonds is 2. The van der Waals surface area contributed by atoms with E-state index in [0.29, 0.717) is 6.61 Å². The molecule has 1 heterocycles. The van der Waals surface area contributed by atoms with E-state index in [4.69, 9.17) is 9.47 Å². The van der Waals surface area contributed by atoms with Crippen LogP contribution in [0.1, 0.15) is 6.92 Å². The molecule has 70 valence electrons. The zero-order valence-corrected chi connectivity index (χ0v) is 7.47. The van der Waals surface area contributed by atoms with Crippen molar-refractivity contribution in [1.29, 1.82) is 0 Å². The Morgan fingerprint density at radius 2 is 2.23 bits per heavy atom. The van der Waals surface area contributed by atoms with Gasteiger partial charge in [-0.3, -0.25) is 4.79 Å². The van der Waals surface area contributed by atoms with Gasteiger partial charge < -0.3 is 9.47 Å². The third kappa shape index (κ3) is 1.40. The molecular formula is C10H12O3. The molecule has 1 aliphatic heterocycles. The van der Waals surface area contributed by atoms with E-state index in [9.17, 15) is 4.79 Å². The molecule has 2 rings (SSSR count). The van der Waals surface area contributed by atoms with Gasteiger partial charge in [0, 0.05) is 6.61 Å². The summed E-state index contributed by atoms with van der Waals surface area (Å²) in [6, 6.07) is 0. The number of cyclic esters (lactones) is 1. The molecule has 3 nitrogen and oxygen atoms in total. The Balaban J connectivity index is 2.14. The topological polar surface area (TPSA) is 35.5 Å². The van der Waals surface area contributed by atoms with Crippen LogP contribution >= 0.6 is 0 Å². The summed E-state index contributed by atoms with van der Waals surface area (Å²) in [5.74, 6) is -0.247. The van der Waals surface area contributed by atoms with Crippen molar-refractivity contribution in [3.05, 3.63) is 24.3 Å². The Bertz CT molecular complexity index is 267. The van der Waals surface area contributed by atoms with Gasteiger partial charge in [-0.25, -0.2) is 0 Å². The highest BCUT2D eigenvalue weighted by Gasteiger charge is 2.42. The number of hydrogen-bond acceptors (Lipinski definition) is 3. The summed E-state index contributed by atoms with van der Waals surface area (Å²) in [7, 11) is 0. The highest BCUT2D eigenvalue weighted by molar-refractivity contribution is 5.78. The second-order valence-corrected chi connectivity index (χ2v) is 3.13. The Kier molecular flexibility index (Phi) is 2.19. The monoisotopic (exact) mass is 180 g/mol. The molecule has 2 aliphatic rings. The minimum atomic E-state index is -0.385. The van der Waals surface area contributed by atoms with Gasteiger partial charge in [0.2, 0.25) is 6.29 Å². The van der Waals surface area contributed by atoms with Gasteiger partial charge in [0.15, 0.2) is 0 Å². The van der Waals surface area contributed by atoms with Crippen LogP contribution in [0.4, 0.5) is 0 Å². The van der Waals surface area contributed by atoms with E-state index < -0.39 is 0 Å². The molecule has 0 amide bonds. The van der Waals surface area contributed by atoms with Gasteiger partial charge in [0.05, 0.1) is 11.8 Å². The standard InChI is InChI=1S/C10H12O3/c1-2-12-10-8-6-4-3-5-7(8)9(11)13-10/h3-8,10H,2H2,1H3. The molecule has 13 heavy (non-hydrogen) atoms. The number of carbonyl (C=O) groups is 1. The van der Waals surface area contributed by atoms with Crippen LogP contribution in [0.25, 0.3) is 0 Å². The molecule has 3 unspecified atom stereocenters. The first-order chi connectivity index (χ1) is 6.33. The Hall–Kier alpha value is -1.09. The van der Waals surface area contributed by atoms with Gasteiger partial charge in [-0.1, -0.05) is 24.3 Å². The third-order valence-corrected chi connectivity index (χ3v) is 2.33. The lowest BCUT2D eigenvalue weighted by molar-refractivity contribution is -0.164. The van der Waals surface area contributed by atoms with E-state index in [1.807, 2.05) is 31.2 Å². The van der Waals surface area contributed by atoms with E-state index in [0.717, 1.165) is 0 Å². The van der Waals surface area contributed by atoms with Gasteiger partial charge in [-0.15, -0.1) is 0 Å². The summed E-state index contributed by atoms with van der Waals surface area (Å²) >= 11 is 0. The first kappa shape index (κ1) is 8.51. The normalized spacial score (nSPS) is 36.1. The first-order valence-corrected chi connectivity index (χ1v) is 4.50. The second-order valence-electron chi connectivity index (χ2n) is 3.13. The minimum absolute atomic E-state index is 0.0671. The quantitative estimate of drug-likeness (QED) is 0.600. The number of hydrogen-bond donors (Lipinski definition) is 0. The summed E-state index contributed by atoms with van der Waals surface area (Å²) < 4.78 is 10.4. The number of allylic oxidation sites excluding steroid dienone is 2. The van der Waals surface area contributed by atoms with Gasteiger partial charge >= 0.3 is 5.97 Å². The maximum atomic E-state index is 11.3. The van der Waals surface area contributed by atoms with Crippen molar-refractivity contribution in [2.24, 2.45) is 11.8 Å². The van der Waals surface area contributed by atoms with E-state index in [-0.39, 0.29) is 24.1 Å². The minimum Gasteiger partial charge on any atom is -0.435 e. The number of esters is 1. The lowest BCUT2D eigenvalue weighted by Gasteiger charge is -2.16. The zero-order valence-electron chi connectivity index (χ0n) is 7.47. The number of fused-ring (bicyclic) bond motifs is 1. The van der Waals surface area contributed by atoms with E-state index in [1.165, 1.54) is 0 Å². The molecule has 0 radical (unpaired) electrons. The Labute approximate surface area is 77.0 Å². The summed E-state index contributed by atoms with van der Waals surface area (Å²) in [5, 5.41) is 0. The molecule has 1 aliphatic carbocycles. The fourth-order valence-corrected chi connectivity index (χ4v) is 1.70. The van der Waals surface area contributed by atoms with Crippen LogP contribution in [0.3, 0.4) is 0 Å². The van der Waals surface area contributed by atoms with Crippen LogP contribution in [0.5, 0.6) is 0 Å². The number of carbonyl (C=O) groups excluding carboxylic acids is 1. The lowest BCUT2D eigenvalue weighted by atomic mass is 9.90. The predicted molar refractivity (Wildman–Crippen MR) is 46.8 cm³/mol. The van der Waals surface area contributed by atoms with E-state index in [2.05, 4.69) is 0 Å². The second kappa shape index (κ2) is 3.34. The largest absolute Gasteiger partial charge is 0.435 e. The van der Waals surface area contributed by atoms with Crippen molar-refractivity contribution in [3.63, 3.8) is 0 Å². The molecule has 0 saturated carbocycles. The molecule has 0 aromatic rings. The fourth-order valence-electron chi connectivity index (χ4n) is 1.70. The molecule has 0 spiro atoms. The van der Waals surface area contributed by atoms with Crippen molar-refractivity contribution in [2.45, 2.75) is 13.2 Å². The molecular weight excluding hydrogens is 168 g/mol. The predicted octanol–water partition coefficient (Wildman–Crippen LogP) is 1.26. The van der Waals surface area contributed by atoms with Crippen molar-refractivity contribution in [1.82, 2.24) is 0 Å². The van der Waals surface area contributed by atoms with Crippen molar-refractivity contribution >= 4 is 5.97 Å². The van der Waals surface area contributed by atoms with Crippen LogP contribution < -0.4 is 0 Å². The molecule has 0 bridgehead atoms. The van der Waals surface area contributed by atoms with Crippen molar-refractivity contribution < 1.29 is 14.3 Å². The van der Waals surface area contributed by atoms with Crippen molar-refractivity contribution in [3.8, 4) is 0 Å². The first-order valence-electron chi connectivity index (χ1n) is 4.50. The molecule has 3 heteroatoms. The summed E-state index contributed by atoms with van der Waals surface area (Å²) in [4.78, 5) is 11.3. The Morgan fingerprint density at radius 1 is 1.46 bits per heavy atom. The van der Waals surface area contributed by atoms with Gasteiger partial charge in [-0.05, 0) is 6.92 Å². The highest BCUT2D eigenvalue weighted by atomic mass is 16.7. The van der Waals surface area contributed by atoms with Gasteiger partial charge in [0.25, 0.3) is 0 Å². The lowest BCUT2D eigenvalue weighted by Crippen LogP contribution is -2.21. The van der Waals surface area contributed by atoms with E-state index >= 15 is 0 Å². The fraction of sp³-hybridized carbons (Fsp3) is 0.500. The average molecular weight is 180 g/mol. The van der Waals surface area contributed by atoms with E-state index in [1.54, 1.807) is 0 Å². The molecule has 3 atom stereocenters. The third-order valence-electron chi connectivity index (χ3n) is 2.33. The molecule has 0 aromatic heterocycles. The summed E-state index contributed by atoms with van der Waals surface area (Å²) in [6.45, 7) is 2.46. The average Bonchev–Trinajstić information content (AvgIpc) is 2.46. The SMILES string of the molecule is CCOC1OC(=O)C2C=CC=CC12. The van der Waals surface area contributed by atoms with Crippen molar-refractivity contribution in [2.75, 3.05) is 6.61 Å². The molecule has 0 N–H and O–H groups in total. The zero-order chi connectivity index (χ0) is 9.26. The van der Waals surface area contributed by atoms with Crippen LogP contribution in [-0.2, 0) is 14.3 Å². The highest BCUT2D eigenvalue weighted by Crippen LogP contribution is 2.33.